The minimum Gasteiger partial charge on any atom is -0.369 e. The van der Waals surface area contributed by atoms with Crippen LogP contribution in [0.3, 0.4) is 0 Å². The SMILES string of the molecule is O=C(Cc1ccccc1)NCC1(N2CCN(c3ccccc3)CC2)CCCCC1. The quantitative estimate of drug-likeness (QED) is 0.812. The van der Waals surface area contributed by atoms with E-state index in [1.54, 1.807) is 0 Å². The molecule has 1 saturated heterocycles. The van der Waals surface area contributed by atoms with E-state index in [0.717, 1.165) is 38.3 Å². The minimum absolute atomic E-state index is 0.132. The zero-order valence-corrected chi connectivity index (χ0v) is 17.4. The first-order chi connectivity index (χ1) is 14.3. The van der Waals surface area contributed by atoms with E-state index in [1.807, 2.05) is 30.3 Å². The van der Waals surface area contributed by atoms with Gasteiger partial charge in [-0.1, -0.05) is 67.8 Å². The van der Waals surface area contributed by atoms with Crippen LogP contribution in [0.5, 0.6) is 0 Å². The number of amides is 1. The zero-order chi connectivity index (χ0) is 19.9. The molecule has 0 spiro atoms. The molecule has 154 valence electrons. The number of rotatable bonds is 6. The highest BCUT2D eigenvalue weighted by molar-refractivity contribution is 5.78. The van der Waals surface area contributed by atoms with Gasteiger partial charge in [-0.05, 0) is 30.5 Å². The van der Waals surface area contributed by atoms with Crippen molar-refractivity contribution in [2.45, 2.75) is 44.1 Å². The molecule has 4 rings (SSSR count). The lowest BCUT2D eigenvalue weighted by Crippen LogP contribution is -2.62. The van der Waals surface area contributed by atoms with E-state index in [4.69, 9.17) is 0 Å². The van der Waals surface area contributed by atoms with Gasteiger partial charge in [0.05, 0.1) is 6.42 Å². The number of nitrogens with one attached hydrogen (secondary N) is 1. The summed E-state index contributed by atoms with van der Waals surface area (Å²) in [6.07, 6.45) is 6.73. The van der Waals surface area contributed by atoms with Crippen molar-refractivity contribution in [2.24, 2.45) is 0 Å². The predicted octanol–water partition coefficient (Wildman–Crippen LogP) is 3.87. The smallest absolute Gasteiger partial charge is 0.224 e. The molecule has 0 bridgehead atoms. The Morgan fingerprint density at radius 1 is 0.828 bits per heavy atom. The molecule has 0 atom stereocenters. The first-order valence-electron chi connectivity index (χ1n) is 11.1. The molecule has 0 radical (unpaired) electrons. The van der Waals surface area contributed by atoms with Crippen LogP contribution in [0, 0.1) is 0 Å². The lowest BCUT2D eigenvalue weighted by molar-refractivity contribution is -0.121. The van der Waals surface area contributed by atoms with Gasteiger partial charge in [0.2, 0.25) is 5.91 Å². The van der Waals surface area contributed by atoms with Crippen LogP contribution in [-0.4, -0.2) is 49.1 Å². The van der Waals surface area contributed by atoms with Crippen LogP contribution >= 0.6 is 0 Å². The van der Waals surface area contributed by atoms with Crippen molar-refractivity contribution in [1.82, 2.24) is 10.2 Å². The highest BCUT2D eigenvalue weighted by Crippen LogP contribution is 2.34. The average Bonchev–Trinajstić information content (AvgIpc) is 2.80. The van der Waals surface area contributed by atoms with Gasteiger partial charge in [0.1, 0.15) is 0 Å². The standard InChI is InChI=1S/C25H33N3O/c29-24(20-22-10-4-1-5-11-22)26-21-25(14-8-3-9-15-25)28-18-16-27(17-19-28)23-12-6-2-7-13-23/h1-2,4-7,10-13H,3,8-9,14-21H2,(H,26,29). The van der Waals surface area contributed by atoms with Crippen LogP contribution in [0.4, 0.5) is 5.69 Å². The van der Waals surface area contributed by atoms with Crippen molar-refractivity contribution in [3.63, 3.8) is 0 Å². The van der Waals surface area contributed by atoms with Crippen LogP contribution in [0.15, 0.2) is 60.7 Å². The summed E-state index contributed by atoms with van der Waals surface area (Å²) in [4.78, 5) is 17.7. The van der Waals surface area contributed by atoms with Crippen molar-refractivity contribution >= 4 is 11.6 Å². The number of nitrogens with zero attached hydrogens (tertiary/aromatic N) is 2. The molecule has 1 saturated carbocycles. The van der Waals surface area contributed by atoms with E-state index in [0.29, 0.717) is 6.42 Å². The summed E-state index contributed by atoms with van der Waals surface area (Å²) in [5.74, 6) is 0.143. The summed E-state index contributed by atoms with van der Waals surface area (Å²) in [5.41, 5.74) is 2.54. The van der Waals surface area contributed by atoms with Crippen molar-refractivity contribution in [3.05, 3.63) is 66.2 Å². The number of carbonyl (C=O) groups is 1. The number of hydrogen-bond donors (Lipinski definition) is 1. The number of benzene rings is 2. The molecule has 0 unspecified atom stereocenters. The molecule has 1 aliphatic carbocycles. The van der Waals surface area contributed by atoms with Gasteiger partial charge in [-0.3, -0.25) is 9.69 Å². The highest BCUT2D eigenvalue weighted by Gasteiger charge is 2.39. The third-order valence-corrected chi connectivity index (χ3v) is 6.68. The minimum atomic E-state index is 0.132. The summed E-state index contributed by atoms with van der Waals surface area (Å²) in [7, 11) is 0. The maximum atomic E-state index is 12.6. The number of para-hydroxylation sites is 1. The van der Waals surface area contributed by atoms with Gasteiger partial charge >= 0.3 is 0 Å². The van der Waals surface area contributed by atoms with Gasteiger partial charge in [-0.25, -0.2) is 0 Å². The Morgan fingerprint density at radius 3 is 2.10 bits per heavy atom. The third-order valence-electron chi connectivity index (χ3n) is 6.68. The second-order valence-electron chi connectivity index (χ2n) is 8.53. The van der Waals surface area contributed by atoms with Gasteiger partial charge in [-0.15, -0.1) is 0 Å². The van der Waals surface area contributed by atoms with E-state index in [2.05, 4.69) is 45.4 Å². The molecule has 1 N–H and O–H groups in total. The Kier molecular flexibility index (Phi) is 6.50. The number of hydrogen-bond acceptors (Lipinski definition) is 3. The third kappa shape index (κ3) is 4.99. The number of piperazine rings is 1. The van der Waals surface area contributed by atoms with Gasteiger partial charge in [0.15, 0.2) is 0 Å². The van der Waals surface area contributed by atoms with E-state index in [9.17, 15) is 4.79 Å². The van der Waals surface area contributed by atoms with E-state index in [1.165, 1.54) is 37.8 Å². The second-order valence-corrected chi connectivity index (χ2v) is 8.53. The molecule has 1 amide bonds. The second kappa shape index (κ2) is 9.45. The first kappa shape index (κ1) is 20.0. The average molecular weight is 392 g/mol. The molecule has 0 aromatic heterocycles. The Balaban J connectivity index is 1.36. The maximum Gasteiger partial charge on any atom is 0.224 e. The van der Waals surface area contributed by atoms with E-state index in [-0.39, 0.29) is 11.4 Å². The highest BCUT2D eigenvalue weighted by atomic mass is 16.1. The number of carbonyl (C=O) groups excluding carboxylic acids is 1. The Bertz CT molecular complexity index is 763. The summed E-state index contributed by atoms with van der Waals surface area (Å²) in [5, 5.41) is 3.29. The Labute approximate surface area is 174 Å². The van der Waals surface area contributed by atoms with Gasteiger partial charge in [0, 0.05) is 44.0 Å². The number of anilines is 1. The van der Waals surface area contributed by atoms with Crippen LogP contribution < -0.4 is 10.2 Å². The van der Waals surface area contributed by atoms with Gasteiger partial charge in [-0.2, -0.15) is 0 Å². The molecule has 4 heteroatoms. The summed E-state index contributed by atoms with van der Waals surface area (Å²) >= 11 is 0. The van der Waals surface area contributed by atoms with Crippen molar-refractivity contribution < 1.29 is 4.79 Å². The first-order valence-corrected chi connectivity index (χ1v) is 11.1. The molecule has 29 heavy (non-hydrogen) atoms. The topological polar surface area (TPSA) is 35.6 Å². The fraction of sp³-hybridized carbons (Fsp3) is 0.480. The zero-order valence-electron chi connectivity index (χ0n) is 17.4. The molecule has 1 aliphatic heterocycles. The van der Waals surface area contributed by atoms with Crippen LogP contribution in [0.1, 0.15) is 37.7 Å². The normalized spacial score (nSPS) is 19.7. The van der Waals surface area contributed by atoms with Crippen molar-refractivity contribution in [1.29, 1.82) is 0 Å². The lowest BCUT2D eigenvalue weighted by Gasteiger charge is -2.50. The van der Waals surface area contributed by atoms with E-state index >= 15 is 0 Å². The van der Waals surface area contributed by atoms with E-state index < -0.39 is 0 Å². The molecular formula is C25H33N3O. The molecule has 2 aromatic carbocycles. The molecule has 2 fully saturated rings. The molecule has 2 aliphatic rings. The molecule has 1 heterocycles. The molecular weight excluding hydrogens is 358 g/mol. The Hall–Kier alpha value is -2.33. The Morgan fingerprint density at radius 2 is 1.45 bits per heavy atom. The van der Waals surface area contributed by atoms with Crippen LogP contribution in [-0.2, 0) is 11.2 Å². The van der Waals surface area contributed by atoms with Crippen LogP contribution in [0.2, 0.25) is 0 Å². The van der Waals surface area contributed by atoms with Gasteiger partial charge in [0.25, 0.3) is 0 Å². The largest absolute Gasteiger partial charge is 0.369 e. The predicted molar refractivity (Wildman–Crippen MR) is 119 cm³/mol. The van der Waals surface area contributed by atoms with Crippen molar-refractivity contribution in [2.75, 3.05) is 37.6 Å². The summed E-state index contributed by atoms with van der Waals surface area (Å²) < 4.78 is 0. The fourth-order valence-corrected chi connectivity index (χ4v) is 5.00. The molecule has 4 nitrogen and oxygen atoms in total. The fourth-order valence-electron chi connectivity index (χ4n) is 5.00. The van der Waals surface area contributed by atoms with Crippen LogP contribution in [0.25, 0.3) is 0 Å². The van der Waals surface area contributed by atoms with Crippen molar-refractivity contribution in [3.8, 4) is 0 Å². The lowest BCUT2D eigenvalue weighted by atomic mass is 9.79. The summed E-state index contributed by atoms with van der Waals surface area (Å²) in [6.45, 7) is 5.05. The molecule has 2 aromatic rings. The maximum absolute atomic E-state index is 12.6. The van der Waals surface area contributed by atoms with Gasteiger partial charge < -0.3 is 10.2 Å². The summed E-state index contributed by atoms with van der Waals surface area (Å²) in [6, 6.07) is 20.8. The monoisotopic (exact) mass is 391 g/mol.